The van der Waals surface area contributed by atoms with Crippen LogP contribution >= 0.6 is 0 Å². The zero-order valence-electron chi connectivity index (χ0n) is 16.5. The van der Waals surface area contributed by atoms with Gasteiger partial charge in [0.25, 0.3) is 5.91 Å². The summed E-state index contributed by atoms with van der Waals surface area (Å²) in [6.07, 6.45) is 0.839. The van der Waals surface area contributed by atoms with Crippen LogP contribution in [0.25, 0.3) is 0 Å². The fraction of sp³-hybridized carbons (Fsp3) is 0.619. The van der Waals surface area contributed by atoms with Gasteiger partial charge in [-0.05, 0) is 63.1 Å². The summed E-state index contributed by atoms with van der Waals surface area (Å²) in [5.74, 6) is -1.62. The fourth-order valence-corrected chi connectivity index (χ4v) is 4.61. The van der Waals surface area contributed by atoms with Crippen molar-refractivity contribution in [2.24, 2.45) is 11.8 Å². The van der Waals surface area contributed by atoms with Gasteiger partial charge in [-0.25, -0.2) is 14.1 Å². The van der Waals surface area contributed by atoms with Gasteiger partial charge in [0.2, 0.25) is 0 Å². The molecular formula is C21H28FNO4. The van der Waals surface area contributed by atoms with E-state index in [9.17, 15) is 14.7 Å². The monoisotopic (exact) mass is 377 g/mol. The second-order valence-electron chi connectivity index (χ2n) is 8.82. The number of nitrogens with zero attached hydrogens (tertiary/aromatic N) is 1. The van der Waals surface area contributed by atoms with Crippen molar-refractivity contribution in [3.63, 3.8) is 0 Å². The minimum Gasteiger partial charge on any atom is -0.508 e. The van der Waals surface area contributed by atoms with Gasteiger partial charge in [-0.1, -0.05) is 26.0 Å². The molecule has 3 rings (SSSR count). The van der Waals surface area contributed by atoms with Gasteiger partial charge in [-0.3, -0.25) is 4.79 Å². The Balaban J connectivity index is 1.99. The van der Waals surface area contributed by atoms with Gasteiger partial charge in [0.1, 0.15) is 11.4 Å². The Bertz CT molecular complexity index is 754. The number of aromatic hydroxyl groups is 1. The number of alkyl halides is 1. The molecule has 2 amide bonds. The predicted molar refractivity (Wildman–Crippen MR) is 99.1 cm³/mol. The van der Waals surface area contributed by atoms with Crippen molar-refractivity contribution in [3.05, 3.63) is 29.8 Å². The number of halogens is 1. The summed E-state index contributed by atoms with van der Waals surface area (Å²) >= 11 is 0. The number of imide groups is 1. The van der Waals surface area contributed by atoms with Crippen LogP contribution in [0.15, 0.2) is 24.3 Å². The highest BCUT2D eigenvalue weighted by atomic mass is 19.1. The van der Waals surface area contributed by atoms with Crippen LogP contribution in [-0.4, -0.2) is 39.3 Å². The number of ether oxygens (including phenoxy) is 1. The lowest BCUT2D eigenvalue weighted by molar-refractivity contribution is -0.144. The highest BCUT2D eigenvalue weighted by molar-refractivity contribution is 5.99. The minimum atomic E-state index is -2.29. The molecule has 1 saturated carbocycles. The van der Waals surface area contributed by atoms with Crippen LogP contribution in [-0.2, 0) is 9.53 Å². The van der Waals surface area contributed by atoms with Crippen LogP contribution in [0, 0.1) is 11.8 Å². The molecule has 3 atom stereocenters. The number of carbonyl (C=O) groups excluding carboxylic acids is 2. The van der Waals surface area contributed by atoms with Gasteiger partial charge in [0, 0.05) is 5.92 Å². The summed E-state index contributed by atoms with van der Waals surface area (Å²) < 4.78 is 21.5. The van der Waals surface area contributed by atoms with E-state index < -0.39 is 35.2 Å². The van der Waals surface area contributed by atoms with Gasteiger partial charge >= 0.3 is 6.09 Å². The van der Waals surface area contributed by atoms with Crippen molar-refractivity contribution < 1.29 is 23.8 Å². The molecule has 1 aromatic carbocycles. The molecule has 0 aromatic heterocycles. The van der Waals surface area contributed by atoms with Gasteiger partial charge in [0.15, 0.2) is 5.67 Å². The predicted octanol–water partition coefficient (Wildman–Crippen LogP) is 4.40. The standard InChI is InChI=1S/C21H28FNO4/c1-12(2)17-20(3,4)27-19(26)23(17)18(25)21(5,22)16(13-9-10-13)14-7-6-8-15(24)11-14/h6-8,11-13,16-17,24H,9-10H2,1-5H3/t16?,17-,21?/m0/s1. The van der Waals surface area contributed by atoms with Gasteiger partial charge in [-0.2, -0.15) is 0 Å². The second kappa shape index (κ2) is 6.50. The van der Waals surface area contributed by atoms with Crippen LogP contribution in [0.1, 0.15) is 58.9 Å². The lowest BCUT2D eigenvalue weighted by atomic mass is 9.79. The Morgan fingerprint density at radius 3 is 2.52 bits per heavy atom. The van der Waals surface area contributed by atoms with E-state index in [2.05, 4.69) is 0 Å². The summed E-state index contributed by atoms with van der Waals surface area (Å²) in [6, 6.07) is 5.84. The lowest BCUT2D eigenvalue weighted by Crippen LogP contribution is -2.55. The molecule has 2 aliphatic rings. The number of phenols is 1. The number of benzene rings is 1. The fourth-order valence-electron chi connectivity index (χ4n) is 4.61. The topological polar surface area (TPSA) is 66.8 Å². The molecule has 2 fully saturated rings. The maximum Gasteiger partial charge on any atom is 0.417 e. The molecule has 148 valence electrons. The summed E-state index contributed by atoms with van der Waals surface area (Å²) in [4.78, 5) is 26.7. The van der Waals surface area contributed by atoms with Crippen LogP contribution in [0.4, 0.5) is 9.18 Å². The third kappa shape index (κ3) is 3.42. The van der Waals surface area contributed by atoms with Crippen molar-refractivity contribution in [1.82, 2.24) is 4.90 Å². The molecule has 1 saturated heterocycles. The zero-order chi connectivity index (χ0) is 20.1. The minimum absolute atomic E-state index is 0.00915. The van der Waals surface area contributed by atoms with Gasteiger partial charge in [0.05, 0.1) is 6.04 Å². The first-order valence-corrected chi connectivity index (χ1v) is 9.51. The average Bonchev–Trinajstić information content (AvgIpc) is 3.31. The number of carbonyl (C=O) groups is 2. The Labute approximate surface area is 159 Å². The van der Waals surface area contributed by atoms with E-state index in [1.165, 1.54) is 19.1 Å². The summed E-state index contributed by atoms with van der Waals surface area (Å²) in [5, 5.41) is 9.81. The van der Waals surface area contributed by atoms with Crippen molar-refractivity contribution in [1.29, 1.82) is 0 Å². The first-order chi connectivity index (χ1) is 12.5. The maximum atomic E-state index is 16.1. The van der Waals surface area contributed by atoms with Crippen molar-refractivity contribution in [3.8, 4) is 5.75 Å². The molecule has 1 aromatic rings. The number of cyclic esters (lactones) is 1. The summed E-state index contributed by atoms with van der Waals surface area (Å²) in [5.41, 5.74) is -2.60. The quantitative estimate of drug-likeness (QED) is 0.826. The first kappa shape index (κ1) is 19.6. The molecule has 1 aliphatic carbocycles. The van der Waals surface area contributed by atoms with E-state index in [0.29, 0.717) is 5.56 Å². The second-order valence-corrected chi connectivity index (χ2v) is 8.82. The molecular weight excluding hydrogens is 349 g/mol. The van der Waals surface area contributed by atoms with Gasteiger partial charge < -0.3 is 9.84 Å². The SMILES string of the molecule is CC(C)[C@@H]1N(C(=O)C(C)(F)C(c2cccc(O)c2)C2CC2)C(=O)OC1(C)C. The molecule has 1 N–H and O–H groups in total. The third-order valence-corrected chi connectivity index (χ3v) is 5.71. The smallest absolute Gasteiger partial charge is 0.417 e. The molecule has 1 aliphatic heterocycles. The van der Waals surface area contributed by atoms with E-state index in [-0.39, 0.29) is 17.6 Å². The molecule has 5 nitrogen and oxygen atoms in total. The average molecular weight is 377 g/mol. The maximum absolute atomic E-state index is 16.1. The highest BCUT2D eigenvalue weighted by Crippen LogP contribution is 2.51. The van der Waals surface area contributed by atoms with Crippen LogP contribution in [0.5, 0.6) is 5.75 Å². The van der Waals surface area contributed by atoms with Crippen molar-refractivity contribution >= 4 is 12.0 Å². The van der Waals surface area contributed by atoms with Crippen LogP contribution in [0.3, 0.4) is 0 Å². The van der Waals surface area contributed by atoms with Crippen LogP contribution < -0.4 is 0 Å². The Morgan fingerprint density at radius 2 is 2.00 bits per heavy atom. The summed E-state index contributed by atoms with van der Waals surface area (Å²) in [7, 11) is 0. The van der Waals surface area contributed by atoms with E-state index in [4.69, 9.17) is 4.74 Å². The van der Waals surface area contributed by atoms with E-state index >= 15 is 4.39 Å². The molecule has 27 heavy (non-hydrogen) atoms. The summed E-state index contributed by atoms with van der Waals surface area (Å²) in [6.45, 7) is 8.51. The number of rotatable bonds is 5. The largest absolute Gasteiger partial charge is 0.508 e. The molecule has 6 heteroatoms. The Morgan fingerprint density at radius 1 is 1.37 bits per heavy atom. The molecule has 0 spiro atoms. The molecule has 2 unspecified atom stereocenters. The Hall–Kier alpha value is -2.11. The highest BCUT2D eigenvalue weighted by Gasteiger charge is 2.59. The van der Waals surface area contributed by atoms with Crippen molar-refractivity contribution in [2.45, 2.75) is 70.7 Å². The number of amides is 2. The van der Waals surface area contributed by atoms with Crippen LogP contribution in [0.2, 0.25) is 0 Å². The normalized spacial score (nSPS) is 25.2. The van der Waals surface area contributed by atoms with E-state index in [1.807, 2.05) is 13.8 Å². The molecule has 1 heterocycles. The first-order valence-electron chi connectivity index (χ1n) is 9.51. The number of hydrogen-bond donors (Lipinski definition) is 1. The van der Waals surface area contributed by atoms with E-state index in [1.54, 1.807) is 26.0 Å². The number of phenolic OH excluding ortho intramolecular Hbond substituents is 1. The van der Waals surface area contributed by atoms with E-state index in [0.717, 1.165) is 17.7 Å². The number of hydrogen-bond acceptors (Lipinski definition) is 4. The molecule has 0 bridgehead atoms. The molecule has 0 radical (unpaired) electrons. The Kier molecular flexibility index (Phi) is 4.73. The zero-order valence-corrected chi connectivity index (χ0v) is 16.5. The lowest BCUT2D eigenvalue weighted by Gasteiger charge is -2.36. The van der Waals surface area contributed by atoms with Gasteiger partial charge in [-0.15, -0.1) is 0 Å². The third-order valence-electron chi connectivity index (χ3n) is 5.71. The van der Waals surface area contributed by atoms with Crippen molar-refractivity contribution in [2.75, 3.05) is 0 Å².